The smallest absolute Gasteiger partial charge is 0.237 e. The monoisotopic (exact) mass is 354 g/mol. The molecule has 0 aliphatic carbocycles. The van der Waals surface area contributed by atoms with Crippen molar-refractivity contribution < 1.29 is 4.79 Å². The molecule has 6 heteroatoms. The van der Waals surface area contributed by atoms with Crippen LogP contribution in [0, 0.1) is 5.92 Å². The third-order valence-electron chi connectivity index (χ3n) is 4.46. The third kappa shape index (κ3) is 6.77. The molecule has 0 unspecified atom stereocenters. The van der Waals surface area contributed by atoms with Crippen LogP contribution in [0.5, 0.6) is 0 Å². The maximum Gasteiger partial charge on any atom is 0.237 e. The van der Waals surface area contributed by atoms with Crippen molar-refractivity contribution in [3.05, 3.63) is 35.9 Å². The largest absolute Gasteiger partial charge is 0.353 e. The second-order valence-corrected chi connectivity index (χ2v) is 6.66. The fraction of sp³-hybridized carbons (Fsp3) is 0.611. The number of carbonyl (C=O) groups is 1. The van der Waals surface area contributed by atoms with Crippen molar-refractivity contribution in [3.8, 4) is 0 Å². The minimum Gasteiger partial charge on any atom is -0.353 e. The lowest BCUT2D eigenvalue weighted by atomic mass is 10.1. The molecule has 1 heterocycles. The van der Waals surface area contributed by atoms with Crippen LogP contribution in [-0.2, 0) is 11.3 Å². The molecule has 0 spiro atoms. The van der Waals surface area contributed by atoms with Gasteiger partial charge in [-0.1, -0.05) is 44.2 Å². The summed E-state index contributed by atoms with van der Waals surface area (Å²) in [7, 11) is 0. The topological polar surface area (TPSA) is 61.6 Å². The van der Waals surface area contributed by atoms with E-state index in [0.717, 1.165) is 39.3 Å². The normalized spacial score (nSPS) is 17.3. The summed E-state index contributed by atoms with van der Waals surface area (Å²) in [5, 5.41) is 2.94. The van der Waals surface area contributed by atoms with Gasteiger partial charge in [-0.15, -0.1) is 12.4 Å². The number of rotatable bonds is 7. The summed E-state index contributed by atoms with van der Waals surface area (Å²) < 4.78 is 0. The summed E-state index contributed by atoms with van der Waals surface area (Å²) in [6, 6.07) is 10.2. The zero-order chi connectivity index (χ0) is 16.7. The Morgan fingerprint density at radius 1 is 1.12 bits per heavy atom. The number of piperazine rings is 1. The van der Waals surface area contributed by atoms with Gasteiger partial charge < -0.3 is 11.1 Å². The molecule has 2 rings (SSSR count). The quantitative estimate of drug-likeness (QED) is 0.775. The lowest BCUT2D eigenvalue weighted by Gasteiger charge is -2.34. The Bertz CT molecular complexity index is 475. The molecule has 1 amide bonds. The number of hydrogen-bond acceptors (Lipinski definition) is 4. The van der Waals surface area contributed by atoms with E-state index in [1.165, 1.54) is 5.56 Å². The van der Waals surface area contributed by atoms with Crippen molar-refractivity contribution in [1.29, 1.82) is 0 Å². The van der Waals surface area contributed by atoms with Crippen LogP contribution in [0.2, 0.25) is 0 Å². The maximum atomic E-state index is 11.8. The maximum absolute atomic E-state index is 11.8. The van der Waals surface area contributed by atoms with E-state index in [0.29, 0.717) is 6.54 Å². The molecule has 0 aromatic heterocycles. The Hall–Kier alpha value is -1.14. The van der Waals surface area contributed by atoms with Gasteiger partial charge in [-0.25, -0.2) is 0 Å². The SMILES string of the molecule is CC(C)[C@H](N)C(=O)NCCN1CCN(Cc2ccccc2)CC1.Cl. The average molecular weight is 355 g/mol. The highest BCUT2D eigenvalue weighted by Gasteiger charge is 2.19. The number of nitrogens with two attached hydrogens (primary N) is 1. The van der Waals surface area contributed by atoms with Crippen molar-refractivity contribution in [2.24, 2.45) is 11.7 Å². The zero-order valence-corrected chi connectivity index (χ0v) is 15.6. The van der Waals surface area contributed by atoms with Crippen molar-refractivity contribution in [2.75, 3.05) is 39.3 Å². The number of carbonyl (C=O) groups excluding carboxylic acids is 1. The van der Waals surface area contributed by atoms with Gasteiger partial charge in [0, 0.05) is 45.8 Å². The number of amides is 1. The van der Waals surface area contributed by atoms with Crippen molar-refractivity contribution in [1.82, 2.24) is 15.1 Å². The Morgan fingerprint density at radius 2 is 1.71 bits per heavy atom. The van der Waals surface area contributed by atoms with Gasteiger partial charge in [-0.05, 0) is 11.5 Å². The van der Waals surface area contributed by atoms with Crippen LogP contribution in [0.4, 0.5) is 0 Å². The highest BCUT2D eigenvalue weighted by atomic mass is 35.5. The molecule has 0 bridgehead atoms. The molecule has 0 saturated carbocycles. The standard InChI is InChI=1S/C18H30N4O.ClH/c1-15(2)17(19)18(23)20-8-9-21-10-12-22(13-11-21)14-16-6-4-3-5-7-16;/h3-7,15,17H,8-14,19H2,1-2H3,(H,20,23);1H/t17-;/m0./s1. The van der Waals surface area contributed by atoms with Gasteiger partial charge in [-0.2, -0.15) is 0 Å². The molecule has 1 aliphatic heterocycles. The van der Waals surface area contributed by atoms with E-state index in [9.17, 15) is 4.79 Å². The minimum atomic E-state index is -0.405. The van der Waals surface area contributed by atoms with E-state index in [1.54, 1.807) is 0 Å². The summed E-state index contributed by atoms with van der Waals surface area (Å²) in [6.07, 6.45) is 0. The lowest BCUT2D eigenvalue weighted by Crippen LogP contribution is -2.50. The number of halogens is 1. The van der Waals surface area contributed by atoms with Gasteiger partial charge >= 0.3 is 0 Å². The average Bonchev–Trinajstić information content (AvgIpc) is 2.56. The van der Waals surface area contributed by atoms with E-state index in [4.69, 9.17) is 5.73 Å². The predicted octanol–water partition coefficient (Wildman–Crippen LogP) is 1.33. The predicted molar refractivity (Wildman–Crippen MR) is 101 cm³/mol. The zero-order valence-electron chi connectivity index (χ0n) is 14.8. The summed E-state index contributed by atoms with van der Waals surface area (Å²) in [6.45, 7) is 10.8. The lowest BCUT2D eigenvalue weighted by molar-refractivity contribution is -0.123. The summed E-state index contributed by atoms with van der Waals surface area (Å²) in [5.41, 5.74) is 7.21. The molecular formula is C18H31ClN4O. The van der Waals surface area contributed by atoms with Crippen LogP contribution in [0.3, 0.4) is 0 Å². The Morgan fingerprint density at radius 3 is 2.29 bits per heavy atom. The first kappa shape index (κ1) is 20.9. The van der Waals surface area contributed by atoms with Crippen molar-refractivity contribution >= 4 is 18.3 Å². The van der Waals surface area contributed by atoms with Crippen LogP contribution in [0.25, 0.3) is 0 Å². The Balaban J connectivity index is 0.00000288. The highest BCUT2D eigenvalue weighted by Crippen LogP contribution is 2.08. The van der Waals surface area contributed by atoms with Crippen LogP contribution in [0.1, 0.15) is 19.4 Å². The second-order valence-electron chi connectivity index (χ2n) is 6.66. The number of benzene rings is 1. The van der Waals surface area contributed by atoms with Gasteiger partial charge in [0.25, 0.3) is 0 Å². The first-order valence-electron chi connectivity index (χ1n) is 8.58. The number of nitrogens with one attached hydrogen (secondary N) is 1. The third-order valence-corrected chi connectivity index (χ3v) is 4.46. The molecule has 1 fully saturated rings. The van der Waals surface area contributed by atoms with Crippen molar-refractivity contribution in [2.45, 2.75) is 26.4 Å². The first-order chi connectivity index (χ1) is 11.1. The summed E-state index contributed by atoms with van der Waals surface area (Å²) in [4.78, 5) is 16.7. The molecule has 1 aliphatic rings. The van der Waals surface area contributed by atoms with E-state index in [-0.39, 0.29) is 24.2 Å². The fourth-order valence-corrected chi connectivity index (χ4v) is 2.77. The number of hydrogen-bond donors (Lipinski definition) is 2. The van der Waals surface area contributed by atoms with E-state index >= 15 is 0 Å². The highest BCUT2D eigenvalue weighted by molar-refractivity contribution is 5.85. The van der Waals surface area contributed by atoms with Gasteiger partial charge in [0.05, 0.1) is 6.04 Å². The molecular weight excluding hydrogens is 324 g/mol. The molecule has 5 nitrogen and oxygen atoms in total. The van der Waals surface area contributed by atoms with Crippen LogP contribution >= 0.6 is 12.4 Å². The van der Waals surface area contributed by atoms with Crippen LogP contribution in [-0.4, -0.2) is 61.0 Å². The molecule has 1 aromatic rings. The summed E-state index contributed by atoms with van der Waals surface area (Å²) >= 11 is 0. The van der Waals surface area contributed by atoms with Crippen molar-refractivity contribution in [3.63, 3.8) is 0 Å². The van der Waals surface area contributed by atoms with Gasteiger partial charge in [-0.3, -0.25) is 14.6 Å². The molecule has 3 N–H and O–H groups in total. The summed E-state index contributed by atoms with van der Waals surface area (Å²) in [5.74, 6) is 0.138. The van der Waals surface area contributed by atoms with Gasteiger partial charge in [0.15, 0.2) is 0 Å². The van der Waals surface area contributed by atoms with Crippen LogP contribution in [0.15, 0.2) is 30.3 Å². The molecule has 1 saturated heterocycles. The Kier molecular flexibility index (Phi) is 9.29. The molecule has 24 heavy (non-hydrogen) atoms. The number of nitrogens with zero attached hydrogens (tertiary/aromatic N) is 2. The van der Waals surface area contributed by atoms with E-state index < -0.39 is 6.04 Å². The van der Waals surface area contributed by atoms with Gasteiger partial charge in [0.2, 0.25) is 5.91 Å². The molecule has 0 radical (unpaired) electrons. The van der Waals surface area contributed by atoms with E-state index in [2.05, 4.69) is 45.4 Å². The molecule has 1 atom stereocenters. The van der Waals surface area contributed by atoms with E-state index in [1.807, 2.05) is 13.8 Å². The second kappa shape index (κ2) is 10.7. The fourth-order valence-electron chi connectivity index (χ4n) is 2.77. The molecule has 136 valence electrons. The first-order valence-corrected chi connectivity index (χ1v) is 8.58. The minimum absolute atomic E-state index is 0. The van der Waals surface area contributed by atoms with Crippen LogP contribution < -0.4 is 11.1 Å². The Labute approximate surface area is 152 Å². The van der Waals surface area contributed by atoms with Gasteiger partial charge in [0.1, 0.15) is 0 Å². The molecule has 1 aromatic carbocycles.